The van der Waals surface area contributed by atoms with Crippen LogP contribution in [0.5, 0.6) is 0 Å². The van der Waals surface area contributed by atoms with E-state index < -0.39 is 5.97 Å². The third-order valence-electron chi connectivity index (χ3n) is 2.89. The van der Waals surface area contributed by atoms with Crippen LogP contribution in [0, 0.1) is 5.41 Å². The van der Waals surface area contributed by atoms with Crippen LogP contribution in [0.4, 0.5) is 5.69 Å². The Balaban J connectivity index is 2.90. The Bertz CT molecular complexity index is 424. The van der Waals surface area contributed by atoms with Gasteiger partial charge in [-0.15, -0.1) is 0 Å². The summed E-state index contributed by atoms with van der Waals surface area (Å²) in [6.45, 7) is 8.46. The zero-order chi connectivity index (χ0) is 13.2. The van der Waals surface area contributed by atoms with Gasteiger partial charge < -0.3 is 10.4 Å². The van der Waals surface area contributed by atoms with Crippen molar-refractivity contribution in [2.24, 2.45) is 5.41 Å². The van der Waals surface area contributed by atoms with Gasteiger partial charge in [-0.05, 0) is 30.5 Å². The average Bonchev–Trinajstić information content (AvgIpc) is 2.19. The Morgan fingerprint density at radius 1 is 1.41 bits per heavy atom. The molecule has 94 valence electrons. The lowest BCUT2D eigenvalue weighted by atomic mass is 9.88. The lowest BCUT2D eigenvalue weighted by Crippen LogP contribution is -2.30. The fourth-order valence-electron chi connectivity index (χ4n) is 1.21. The number of rotatable bonds is 3. The third kappa shape index (κ3) is 3.63. The molecule has 0 bridgehead atoms. The van der Waals surface area contributed by atoms with Crippen LogP contribution in [0.3, 0.4) is 0 Å². The van der Waals surface area contributed by atoms with Gasteiger partial charge in [-0.25, -0.2) is 4.79 Å². The Morgan fingerprint density at radius 3 is 2.41 bits per heavy atom. The molecule has 3 nitrogen and oxygen atoms in total. The van der Waals surface area contributed by atoms with Gasteiger partial charge in [-0.3, -0.25) is 0 Å². The smallest absolute Gasteiger partial charge is 0.335 e. The second kappa shape index (κ2) is 4.96. The number of carbonyl (C=O) groups is 1. The number of aromatic carboxylic acids is 1. The molecule has 0 saturated heterocycles. The largest absolute Gasteiger partial charge is 0.478 e. The van der Waals surface area contributed by atoms with Gasteiger partial charge in [0.1, 0.15) is 0 Å². The molecule has 17 heavy (non-hydrogen) atoms. The molecule has 0 aromatic heterocycles. The molecule has 0 saturated carbocycles. The molecule has 0 aliphatic heterocycles. The fourth-order valence-corrected chi connectivity index (χ4v) is 1.45. The van der Waals surface area contributed by atoms with Crippen molar-refractivity contribution in [3.8, 4) is 0 Å². The summed E-state index contributed by atoms with van der Waals surface area (Å²) in [6, 6.07) is 4.94. The summed E-state index contributed by atoms with van der Waals surface area (Å²) in [4.78, 5) is 10.8. The summed E-state index contributed by atoms with van der Waals surface area (Å²) in [7, 11) is 0. The van der Waals surface area contributed by atoms with Crippen LogP contribution in [0.25, 0.3) is 0 Å². The Morgan fingerprint density at radius 2 is 2.00 bits per heavy atom. The molecule has 1 rings (SSSR count). The van der Waals surface area contributed by atoms with Gasteiger partial charge in [-0.2, -0.15) is 0 Å². The van der Waals surface area contributed by atoms with Gasteiger partial charge in [0.15, 0.2) is 0 Å². The van der Waals surface area contributed by atoms with E-state index in [0.717, 1.165) is 5.69 Å². The number of carboxylic acids is 1. The third-order valence-corrected chi connectivity index (χ3v) is 3.20. The molecule has 1 unspecified atom stereocenters. The maximum atomic E-state index is 10.8. The zero-order valence-electron chi connectivity index (χ0n) is 10.5. The van der Waals surface area contributed by atoms with Crippen LogP contribution in [-0.4, -0.2) is 17.1 Å². The fraction of sp³-hybridized carbons (Fsp3) is 0.462. The molecular formula is C13H18ClNO2. The normalized spacial score (nSPS) is 13.2. The van der Waals surface area contributed by atoms with E-state index in [4.69, 9.17) is 16.7 Å². The van der Waals surface area contributed by atoms with Gasteiger partial charge in [0.2, 0.25) is 0 Å². The van der Waals surface area contributed by atoms with Gasteiger partial charge >= 0.3 is 5.97 Å². The zero-order valence-corrected chi connectivity index (χ0v) is 11.3. The van der Waals surface area contributed by atoms with Crippen molar-refractivity contribution in [2.75, 3.05) is 5.32 Å². The van der Waals surface area contributed by atoms with E-state index >= 15 is 0 Å². The lowest BCUT2D eigenvalue weighted by Gasteiger charge is -2.29. The van der Waals surface area contributed by atoms with Crippen LogP contribution >= 0.6 is 11.6 Å². The molecule has 2 N–H and O–H groups in total. The number of hydrogen-bond acceptors (Lipinski definition) is 2. The first-order valence-electron chi connectivity index (χ1n) is 5.51. The van der Waals surface area contributed by atoms with Crippen molar-refractivity contribution in [2.45, 2.75) is 33.7 Å². The minimum atomic E-state index is -0.970. The van der Waals surface area contributed by atoms with Gasteiger partial charge in [-0.1, -0.05) is 32.4 Å². The van der Waals surface area contributed by atoms with Crippen molar-refractivity contribution < 1.29 is 9.90 Å². The van der Waals surface area contributed by atoms with Crippen molar-refractivity contribution in [1.82, 2.24) is 0 Å². The monoisotopic (exact) mass is 255 g/mol. The SMILES string of the molecule is CC(Nc1ccc(C(=O)O)cc1Cl)C(C)(C)C. The second-order valence-electron chi connectivity index (χ2n) is 5.23. The van der Waals surface area contributed by atoms with Crippen LogP contribution in [0.15, 0.2) is 18.2 Å². The van der Waals surface area contributed by atoms with Crippen molar-refractivity contribution >= 4 is 23.3 Å². The quantitative estimate of drug-likeness (QED) is 0.862. The molecule has 0 radical (unpaired) electrons. The van der Waals surface area contributed by atoms with Crippen LogP contribution < -0.4 is 5.32 Å². The van der Waals surface area contributed by atoms with Crippen molar-refractivity contribution in [1.29, 1.82) is 0 Å². The van der Waals surface area contributed by atoms with E-state index in [0.29, 0.717) is 5.02 Å². The molecule has 0 aliphatic rings. The summed E-state index contributed by atoms with van der Waals surface area (Å²) in [6.07, 6.45) is 0. The lowest BCUT2D eigenvalue weighted by molar-refractivity contribution is 0.0697. The summed E-state index contributed by atoms with van der Waals surface area (Å²) in [5, 5.41) is 12.6. The molecule has 1 aromatic rings. The summed E-state index contributed by atoms with van der Waals surface area (Å²) in [5.41, 5.74) is 1.07. The molecule has 0 spiro atoms. The highest BCUT2D eigenvalue weighted by atomic mass is 35.5. The molecule has 0 heterocycles. The molecular weight excluding hydrogens is 238 g/mol. The van der Waals surface area contributed by atoms with Crippen molar-refractivity contribution in [3.05, 3.63) is 28.8 Å². The predicted molar refractivity (Wildman–Crippen MR) is 71.0 cm³/mol. The molecule has 1 aromatic carbocycles. The first kappa shape index (κ1) is 13.8. The summed E-state index contributed by atoms with van der Waals surface area (Å²) >= 11 is 6.04. The molecule has 4 heteroatoms. The summed E-state index contributed by atoms with van der Waals surface area (Å²) in [5.74, 6) is -0.970. The van der Waals surface area contributed by atoms with E-state index in [9.17, 15) is 4.79 Å². The van der Waals surface area contributed by atoms with Gasteiger partial charge in [0, 0.05) is 6.04 Å². The molecule has 0 fully saturated rings. The minimum Gasteiger partial charge on any atom is -0.478 e. The standard InChI is InChI=1S/C13H18ClNO2/c1-8(13(2,3)4)15-11-6-5-9(12(16)17)7-10(11)14/h5-8,15H,1-4H3,(H,16,17). The van der Waals surface area contributed by atoms with Crippen LogP contribution in [-0.2, 0) is 0 Å². The van der Waals surface area contributed by atoms with E-state index in [1.165, 1.54) is 6.07 Å². The Labute approximate surface area is 107 Å². The second-order valence-corrected chi connectivity index (χ2v) is 5.64. The van der Waals surface area contributed by atoms with Crippen LogP contribution in [0.1, 0.15) is 38.1 Å². The van der Waals surface area contributed by atoms with Crippen LogP contribution in [0.2, 0.25) is 5.02 Å². The topological polar surface area (TPSA) is 49.3 Å². The summed E-state index contributed by atoms with van der Waals surface area (Å²) < 4.78 is 0. The maximum Gasteiger partial charge on any atom is 0.335 e. The number of anilines is 1. The van der Waals surface area contributed by atoms with E-state index in [1.807, 2.05) is 0 Å². The number of nitrogens with one attached hydrogen (secondary N) is 1. The highest BCUT2D eigenvalue weighted by Gasteiger charge is 2.20. The number of halogens is 1. The van der Waals surface area contributed by atoms with E-state index in [-0.39, 0.29) is 17.0 Å². The Kier molecular flexibility index (Phi) is 4.04. The highest BCUT2D eigenvalue weighted by Crippen LogP contribution is 2.28. The number of carboxylic acid groups (broad SMARTS) is 1. The first-order chi connectivity index (χ1) is 7.71. The molecule has 0 aliphatic carbocycles. The van der Waals surface area contributed by atoms with E-state index in [1.54, 1.807) is 12.1 Å². The predicted octanol–water partition coefficient (Wildman–Crippen LogP) is 3.88. The number of benzene rings is 1. The molecule has 0 amide bonds. The first-order valence-corrected chi connectivity index (χ1v) is 5.89. The maximum absolute atomic E-state index is 10.8. The molecule has 1 atom stereocenters. The highest BCUT2D eigenvalue weighted by molar-refractivity contribution is 6.33. The van der Waals surface area contributed by atoms with Gasteiger partial charge in [0.25, 0.3) is 0 Å². The minimum absolute atomic E-state index is 0.106. The van der Waals surface area contributed by atoms with E-state index in [2.05, 4.69) is 33.0 Å². The van der Waals surface area contributed by atoms with Gasteiger partial charge in [0.05, 0.1) is 16.3 Å². The van der Waals surface area contributed by atoms with Crippen molar-refractivity contribution in [3.63, 3.8) is 0 Å². The average molecular weight is 256 g/mol. The number of hydrogen-bond donors (Lipinski definition) is 2. The Hall–Kier alpha value is -1.22.